The van der Waals surface area contributed by atoms with Crippen LogP contribution in [0.1, 0.15) is 20.8 Å². The Kier molecular flexibility index (Phi) is 7.27. The van der Waals surface area contributed by atoms with Crippen molar-refractivity contribution in [3.63, 3.8) is 0 Å². The predicted molar refractivity (Wildman–Crippen MR) is 78.3 cm³/mol. The first-order valence-electron chi connectivity index (χ1n) is 6.57. The number of azide groups is 1. The van der Waals surface area contributed by atoms with Crippen molar-refractivity contribution in [3.05, 3.63) is 10.4 Å². The lowest BCUT2D eigenvalue weighted by Crippen LogP contribution is -2.58. The molecule has 0 saturated carbocycles. The van der Waals surface area contributed by atoms with Crippen molar-refractivity contribution in [2.45, 2.75) is 50.1 Å². The van der Waals surface area contributed by atoms with Crippen LogP contribution in [0.25, 0.3) is 10.4 Å². The molecule has 0 aromatic heterocycles. The molecule has 0 unspecified atom stereocenters. The Morgan fingerprint density at radius 3 is 2.17 bits per heavy atom. The van der Waals surface area contributed by atoms with E-state index in [1.165, 1.54) is 13.8 Å². The van der Waals surface area contributed by atoms with Gasteiger partial charge >= 0.3 is 17.9 Å². The van der Waals surface area contributed by atoms with Gasteiger partial charge in [-0.2, -0.15) is 0 Å². The molecule has 1 fully saturated rings. The number of ether oxygens (including phenoxy) is 4. The summed E-state index contributed by atoms with van der Waals surface area (Å²) in [6.07, 6.45) is -2.99. The molecule has 0 amide bonds. The maximum atomic E-state index is 11.3. The third kappa shape index (κ3) is 5.70. The number of rotatable bonds is 5. The van der Waals surface area contributed by atoms with E-state index in [1.807, 2.05) is 0 Å². The number of nitrogens with zero attached hydrogens (tertiary/aromatic N) is 3. The molecule has 128 valence electrons. The van der Waals surface area contributed by atoms with Crippen molar-refractivity contribution >= 4 is 33.8 Å². The van der Waals surface area contributed by atoms with Gasteiger partial charge in [-0.1, -0.05) is 21.0 Å². The summed E-state index contributed by atoms with van der Waals surface area (Å²) < 4.78 is 20.6. The highest BCUT2D eigenvalue weighted by Crippen LogP contribution is 2.31. The van der Waals surface area contributed by atoms with E-state index < -0.39 is 47.3 Å². The van der Waals surface area contributed by atoms with Gasteiger partial charge in [0.25, 0.3) is 0 Å². The first-order valence-corrected chi connectivity index (χ1v) is 7.49. The fourth-order valence-electron chi connectivity index (χ4n) is 2.06. The molecule has 10 nitrogen and oxygen atoms in total. The van der Waals surface area contributed by atoms with E-state index in [-0.39, 0.29) is 6.61 Å². The summed E-state index contributed by atoms with van der Waals surface area (Å²) >= 11 is 3.17. The fourth-order valence-corrected chi connectivity index (χ4v) is 2.76. The van der Waals surface area contributed by atoms with Crippen molar-refractivity contribution in [2.75, 3.05) is 6.61 Å². The Morgan fingerprint density at radius 2 is 1.70 bits per heavy atom. The van der Waals surface area contributed by atoms with Crippen LogP contribution in [0, 0.1) is 0 Å². The number of halogens is 1. The van der Waals surface area contributed by atoms with E-state index in [9.17, 15) is 14.4 Å². The van der Waals surface area contributed by atoms with Crippen molar-refractivity contribution in [3.8, 4) is 0 Å². The average Bonchev–Trinajstić information content (AvgIpc) is 2.43. The lowest BCUT2D eigenvalue weighted by Gasteiger charge is -2.41. The minimum Gasteiger partial charge on any atom is -0.463 e. The summed E-state index contributed by atoms with van der Waals surface area (Å²) in [5.74, 6) is -1.83. The first kappa shape index (κ1) is 19.2. The molecular formula is C12H16BrN3O7. The number of carbonyl (C=O) groups is 3. The molecule has 11 heteroatoms. The van der Waals surface area contributed by atoms with Gasteiger partial charge in [-0.05, 0) is 5.53 Å². The maximum absolute atomic E-state index is 11.3. The average molecular weight is 394 g/mol. The quantitative estimate of drug-likeness (QED) is 0.171. The normalized spacial score (nSPS) is 29.8. The minimum absolute atomic E-state index is 0.223. The molecule has 0 aromatic rings. The van der Waals surface area contributed by atoms with Crippen LogP contribution in [0.2, 0.25) is 0 Å². The Labute approximate surface area is 140 Å². The second kappa shape index (κ2) is 8.70. The predicted octanol–water partition coefficient (Wildman–Crippen LogP) is 1.21. The largest absolute Gasteiger partial charge is 0.463 e. The highest BCUT2D eigenvalue weighted by atomic mass is 79.9. The van der Waals surface area contributed by atoms with Crippen LogP contribution >= 0.6 is 15.9 Å². The van der Waals surface area contributed by atoms with Gasteiger partial charge in [-0.15, -0.1) is 0 Å². The van der Waals surface area contributed by atoms with Crippen molar-refractivity contribution in [2.24, 2.45) is 5.11 Å². The number of esters is 3. The SMILES string of the molecule is CC(=O)OC[C@H]1O[C@H](Br)[C@H](OC(C)=O)[C@@H](N=[N+]=[N-])[C@H]1OC(C)=O. The molecule has 1 aliphatic heterocycles. The number of hydrogen-bond donors (Lipinski definition) is 0. The molecule has 1 saturated heterocycles. The smallest absolute Gasteiger partial charge is 0.303 e. The van der Waals surface area contributed by atoms with E-state index in [4.69, 9.17) is 24.5 Å². The van der Waals surface area contributed by atoms with Gasteiger partial charge in [-0.25, -0.2) is 0 Å². The van der Waals surface area contributed by atoms with Gasteiger partial charge in [-0.3, -0.25) is 14.4 Å². The topological polar surface area (TPSA) is 137 Å². The van der Waals surface area contributed by atoms with E-state index >= 15 is 0 Å². The standard InChI is InChI=1S/C12H16BrN3O7/c1-5(17)20-4-8-10(21-6(2)18)9(15-16-14)11(12(13)23-8)22-7(3)19/h8-12H,4H2,1-3H3/t8-,9+,10+,11-,12+/m1/s1. The fraction of sp³-hybridized carbons (Fsp3) is 0.750. The molecule has 1 heterocycles. The van der Waals surface area contributed by atoms with Gasteiger partial charge in [0, 0.05) is 25.7 Å². The lowest BCUT2D eigenvalue weighted by molar-refractivity contribution is -0.199. The molecule has 0 bridgehead atoms. The van der Waals surface area contributed by atoms with Crippen LogP contribution < -0.4 is 0 Å². The van der Waals surface area contributed by atoms with Crippen LogP contribution in [0.4, 0.5) is 0 Å². The molecular weight excluding hydrogens is 378 g/mol. The van der Waals surface area contributed by atoms with Crippen LogP contribution in [0.3, 0.4) is 0 Å². The maximum Gasteiger partial charge on any atom is 0.303 e. The molecule has 1 rings (SSSR count). The zero-order valence-electron chi connectivity index (χ0n) is 12.7. The Hall–Kier alpha value is -1.84. The second-order valence-corrected chi connectivity index (χ2v) is 5.57. The van der Waals surface area contributed by atoms with Crippen LogP contribution in [0.15, 0.2) is 5.11 Å². The number of hydrogen-bond acceptors (Lipinski definition) is 8. The molecule has 0 aromatic carbocycles. The zero-order valence-corrected chi connectivity index (χ0v) is 14.3. The van der Waals surface area contributed by atoms with E-state index in [1.54, 1.807) is 0 Å². The molecule has 0 N–H and O–H groups in total. The summed E-state index contributed by atoms with van der Waals surface area (Å²) in [5.41, 5.74) is 8.75. The second-order valence-electron chi connectivity index (χ2n) is 4.67. The summed E-state index contributed by atoms with van der Waals surface area (Å²) in [5, 5.41) is 2.72. The van der Waals surface area contributed by atoms with Gasteiger partial charge in [0.15, 0.2) is 5.01 Å². The van der Waals surface area contributed by atoms with Gasteiger partial charge in [0.1, 0.15) is 31.0 Å². The van der Waals surface area contributed by atoms with Gasteiger partial charge < -0.3 is 18.9 Å². The zero-order chi connectivity index (χ0) is 17.6. The van der Waals surface area contributed by atoms with Crippen molar-refractivity contribution in [1.29, 1.82) is 0 Å². The molecule has 23 heavy (non-hydrogen) atoms. The molecule has 5 atom stereocenters. The van der Waals surface area contributed by atoms with Gasteiger partial charge in [0.05, 0.1) is 0 Å². The third-order valence-corrected chi connectivity index (χ3v) is 3.58. The first-order chi connectivity index (χ1) is 10.8. The minimum atomic E-state index is -1.08. The summed E-state index contributed by atoms with van der Waals surface area (Å²) in [6, 6.07) is -1.05. The summed E-state index contributed by atoms with van der Waals surface area (Å²) in [4.78, 5) is 36.2. The highest BCUT2D eigenvalue weighted by Gasteiger charge is 2.48. The molecule has 0 radical (unpaired) electrons. The van der Waals surface area contributed by atoms with Crippen molar-refractivity contribution in [1.82, 2.24) is 0 Å². The summed E-state index contributed by atoms with van der Waals surface area (Å²) in [7, 11) is 0. The number of carbonyl (C=O) groups excluding carboxylic acids is 3. The Balaban J connectivity index is 3.09. The molecule has 0 spiro atoms. The van der Waals surface area contributed by atoms with E-state index in [0.29, 0.717) is 0 Å². The van der Waals surface area contributed by atoms with Crippen molar-refractivity contribution < 1.29 is 33.3 Å². The van der Waals surface area contributed by atoms with Crippen LogP contribution in [0.5, 0.6) is 0 Å². The monoisotopic (exact) mass is 393 g/mol. The van der Waals surface area contributed by atoms with E-state index in [2.05, 4.69) is 26.0 Å². The third-order valence-electron chi connectivity index (χ3n) is 2.84. The molecule has 1 aliphatic rings. The summed E-state index contributed by atoms with van der Waals surface area (Å²) in [6.45, 7) is 3.33. The van der Waals surface area contributed by atoms with Crippen LogP contribution in [-0.2, 0) is 33.3 Å². The number of alkyl halides is 1. The Morgan fingerprint density at radius 1 is 1.13 bits per heavy atom. The van der Waals surface area contributed by atoms with E-state index in [0.717, 1.165) is 6.92 Å². The molecule has 0 aliphatic carbocycles. The highest BCUT2D eigenvalue weighted by molar-refractivity contribution is 9.09. The lowest BCUT2D eigenvalue weighted by atomic mass is 9.97. The van der Waals surface area contributed by atoms with Crippen LogP contribution in [-0.4, -0.2) is 53.9 Å². The van der Waals surface area contributed by atoms with Gasteiger partial charge in [0.2, 0.25) is 0 Å². The Bertz CT molecular complexity index is 523.